The van der Waals surface area contributed by atoms with Gasteiger partial charge >= 0.3 is 0 Å². The van der Waals surface area contributed by atoms with Crippen LogP contribution in [0.4, 0.5) is 5.69 Å². The molecule has 0 aromatic heterocycles. The Morgan fingerprint density at radius 1 is 1.35 bits per heavy atom. The van der Waals surface area contributed by atoms with Gasteiger partial charge in [-0.3, -0.25) is 0 Å². The number of benzene rings is 1. The first-order chi connectivity index (χ1) is 9.67. The minimum atomic E-state index is 0.671. The minimum Gasteiger partial charge on any atom is -0.370 e. The number of hydrogen-bond acceptors (Lipinski definition) is 4. The van der Waals surface area contributed by atoms with Crippen molar-refractivity contribution in [3.63, 3.8) is 0 Å². The summed E-state index contributed by atoms with van der Waals surface area (Å²) in [5, 5.41) is 9.50. The van der Waals surface area contributed by atoms with Gasteiger partial charge in [-0.05, 0) is 44.8 Å². The van der Waals surface area contributed by atoms with E-state index in [1.165, 1.54) is 12.8 Å². The summed E-state index contributed by atoms with van der Waals surface area (Å²) in [6.07, 6.45) is 2.34. The lowest BCUT2D eigenvalue weighted by Crippen LogP contribution is -2.42. The predicted molar refractivity (Wildman–Crippen MR) is 86.5 cm³/mol. The predicted octanol–water partition coefficient (Wildman–Crippen LogP) is 3.20. The molecule has 0 bridgehead atoms. The third kappa shape index (κ3) is 3.28. The van der Waals surface area contributed by atoms with Crippen LogP contribution in [0.25, 0.3) is 0 Å². The molecule has 2 rings (SSSR count). The number of piperidine rings is 1. The summed E-state index contributed by atoms with van der Waals surface area (Å²) in [6, 6.07) is 9.30. The Morgan fingerprint density at radius 2 is 2.05 bits per heavy atom. The highest BCUT2D eigenvalue weighted by Crippen LogP contribution is 2.32. The van der Waals surface area contributed by atoms with Crippen LogP contribution in [0, 0.1) is 11.3 Å². The van der Waals surface area contributed by atoms with E-state index < -0.39 is 0 Å². The molecule has 0 spiro atoms. The van der Waals surface area contributed by atoms with Crippen molar-refractivity contribution in [3.05, 3.63) is 23.8 Å². The Bertz CT molecular complexity index is 485. The molecule has 0 unspecified atom stereocenters. The van der Waals surface area contributed by atoms with Crippen LogP contribution in [0.3, 0.4) is 0 Å². The molecule has 1 fully saturated rings. The molecule has 0 atom stereocenters. The number of hydrogen-bond donors (Lipinski definition) is 0. The van der Waals surface area contributed by atoms with Crippen molar-refractivity contribution in [1.82, 2.24) is 4.90 Å². The van der Waals surface area contributed by atoms with E-state index in [1.807, 2.05) is 0 Å². The van der Waals surface area contributed by atoms with Crippen LogP contribution in [-0.2, 0) is 0 Å². The fraction of sp³-hybridized carbons (Fsp3) is 0.562. The number of nitrogens with zero attached hydrogens (tertiary/aromatic N) is 3. The molecule has 0 amide bonds. The molecule has 1 aromatic rings. The van der Waals surface area contributed by atoms with Crippen LogP contribution in [0.15, 0.2) is 23.1 Å². The van der Waals surface area contributed by atoms with Crippen LogP contribution in [-0.4, -0.2) is 43.9 Å². The lowest BCUT2D eigenvalue weighted by molar-refractivity contribution is 0.249. The van der Waals surface area contributed by atoms with Crippen molar-refractivity contribution >= 4 is 17.4 Å². The van der Waals surface area contributed by atoms with Crippen LogP contribution < -0.4 is 4.90 Å². The Morgan fingerprint density at radius 3 is 2.60 bits per heavy atom. The average molecular weight is 289 g/mol. The quantitative estimate of drug-likeness (QED) is 0.796. The summed E-state index contributed by atoms with van der Waals surface area (Å²) in [5.41, 5.74) is 1.96. The van der Waals surface area contributed by atoms with E-state index in [4.69, 9.17) is 0 Å². The first kappa shape index (κ1) is 15.2. The second-order valence-electron chi connectivity index (χ2n) is 5.38. The van der Waals surface area contributed by atoms with E-state index in [1.54, 1.807) is 11.8 Å². The second-order valence-corrected chi connectivity index (χ2v) is 6.68. The van der Waals surface area contributed by atoms with Gasteiger partial charge in [0.05, 0.1) is 11.3 Å². The van der Waals surface area contributed by atoms with Gasteiger partial charge in [-0.2, -0.15) is 5.26 Å². The fourth-order valence-electron chi connectivity index (χ4n) is 2.79. The third-order valence-corrected chi connectivity index (χ3v) is 4.89. The van der Waals surface area contributed by atoms with E-state index in [-0.39, 0.29) is 0 Å². The molecule has 1 heterocycles. The highest BCUT2D eigenvalue weighted by molar-refractivity contribution is 7.99. The Kier molecular flexibility index (Phi) is 5.33. The SMILES string of the molecule is CCSc1cccc(N2CCC(N(C)C)CC2)c1C#N. The van der Waals surface area contributed by atoms with Crippen molar-refractivity contribution in [3.8, 4) is 6.07 Å². The summed E-state index contributed by atoms with van der Waals surface area (Å²) >= 11 is 1.75. The summed E-state index contributed by atoms with van der Waals surface area (Å²) in [6.45, 7) is 4.20. The molecule has 108 valence electrons. The summed E-state index contributed by atoms with van der Waals surface area (Å²) < 4.78 is 0. The molecular formula is C16H23N3S. The van der Waals surface area contributed by atoms with E-state index >= 15 is 0 Å². The van der Waals surface area contributed by atoms with Crippen molar-refractivity contribution in [2.45, 2.75) is 30.7 Å². The summed E-state index contributed by atoms with van der Waals surface area (Å²) in [4.78, 5) is 5.80. The fourth-order valence-corrected chi connectivity index (χ4v) is 3.57. The zero-order valence-corrected chi connectivity index (χ0v) is 13.4. The van der Waals surface area contributed by atoms with E-state index in [0.717, 1.165) is 35.0 Å². The first-order valence-electron chi connectivity index (χ1n) is 7.24. The smallest absolute Gasteiger partial charge is 0.103 e. The number of anilines is 1. The molecular weight excluding hydrogens is 266 g/mol. The summed E-state index contributed by atoms with van der Waals surface area (Å²) in [5.74, 6) is 1.00. The van der Waals surface area contributed by atoms with Gasteiger partial charge in [0.25, 0.3) is 0 Å². The lowest BCUT2D eigenvalue weighted by Gasteiger charge is -2.37. The van der Waals surface area contributed by atoms with Crippen molar-refractivity contribution in [1.29, 1.82) is 5.26 Å². The Hall–Kier alpha value is -1.18. The van der Waals surface area contributed by atoms with Crippen LogP contribution >= 0.6 is 11.8 Å². The van der Waals surface area contributed by atoms with Gasteiger partial charge in [-0.1, -0.05) is 13.0 Å². The zero-order chi connectivity index (χ0) is 14.5. The molecule has 1 saturated heterocycles. The van der Waals surface area contributed by atoms with Gasteiger partial charge in [0, 0.05) is 24.0 Å². The van der Waals surface area contributed by atoms with Crippen LogP contribution in [0.5, 0.6) is 0 Å². The highest BCUT2D eigenvalue weighted by atomic mass is 32.2. The van der Waals surface area contributed by atoms with Gasteiger partial charge in [0.2, 0.25) is 0 Å². The number of rotatable bonds is 4. The maximum absolute atomic E-state index is 9.50. The van der Waals surface area contributed by atoms with Crippen molar-refractivity contribution < 1.29 is 0 Å². The van der Waals surface area contributed by atoms with Crippen molar-refractivity contribution in [2.75, 3.05) is 37.8 Å². The van der Waals surface area contributed by atoms with Gasteiger partial charge in [-0.25, -0.2) is 0 Å². The normalized spacial score (nSPS) is 16.4. The molecule has 0 aliphatic carbocycles. The van der Waals surface area contributed by atoms with E-state index in [2.05, 4.69) is 55.1 Å². The standard InChI is InChI=1S/C16H23N3S/c1-4-20-16-7-5-6-15(14(16)12-17)19-10-8-13(9-11-19)18(2)3/h5-7,13H,4,8-11H2,1-3H3. The maximum Gasteiger partial charge on any atom is 0.103 e. The largest absolute Gasteiger partial charge is 0.370 e. The topological polar surface area (TPSA) is 30.3 Å². The highest BCUT2D eigenvalue weighted by Gasteiger charge is 2.23. The average Bonchev–Trinajstić information content (AvgIpc) is 2.47. The van der Waals surface area contributed by atoms with Gasteiger partial charge in [0.1, 0.15) is 6.07 Å². The lowest BCUT2D eigenvalue weighted by atomic mass is 10.0. The zero-order valence-electron chi connectivity index (χ0n) is 12.6. The van der Waals surface area contributed by atoms with Crippen LogP contribution in [0.1, 0.15) is 25.3 Å². The molecule has 3 nitrogen and oxygen atoms in total. The number of nitriles is 1. The van der Waals surface area contributed by atoms with E-state index in [9.17, 15) is 5.26 Å². The Labute approximate surface area is 126 Å². The molecule has 0 radical (unpaired) electrons. The van der Waals surface area contributed by atoms with Crippen molar-refractivity contribution in [2.24, 2.45) is 0 Å². The molecule has 1 aromatic carbocycles. The molecule has 0 N–H and O–H groups in total. The third-order valence-electron chi connectivity index (χ3n) is 3.95. The first-order valence-corrected chi connectivity index (χ1v) is 8.23. The van der Waals surface area contributed by atoms with Gasteiger partial charge in [0.15, 0.2) is 0 Å². The Balaban J connectivity index is 2.18. The van der Waals surface area contributed by atoms with Crippen LogP contribution in [0.2, 0.25) is 0 Å². The van der Waals surface area contributed by atoms with Gasteiger partial charge in [-0.15, -0.1) is 11.8 Å². The van der Waals surface area contributed by atoms with E-state index in [0.29, 0.717) is 6.04 Å². The monoisotopic (exact) mass is 289 g/mol. The van der Waals surface area contributed by atoms with Gasteiger partial charge < -0.3 is 9.80 Å². The molecule has 1 aliphatic rings. The molecule has 4 heteroatoms. The summed E-state index contributed by atoms with van der Waals surface area (Å²) in [7, 11) is 4.30. The second kappa shape index (κ2) is 7.01. The number of thioether (sulfide) groups is 1. The minimum absolute atomic E-state index is 0.671. The molecule has 20 heavy (non-hydrogen) atoms. The molecule has 0 saturated carbocycles. The maximum atomic E-state index is 9.50. The molecule has 1 aliphatic heterocycles.